The van der Waals surface area contributed by atoms with Crippen LogP contribution in [0, 0.1) is 6.92 Å². The zero-order valence-electron chi connectivity index (χ0n) is 18.3. The Morgan fingerprint density at radius 3 is 2.52 bits per heavy atom. The summed E-state index contributed by atoms with van der Waals surface area (Å²) in [6.45, 7) is 3.69. The highest BCUT2D eigenvalue weighted by Crippen LogP contribution is 2.50. The van der Waals surface area contributed by atoms with Crippen molar-refractivity contribution in [2.75, 3.05) is 20.2 Å². The van der Waals surface area contributed by atoms with Crippen LogP contribution in [-0.2, 0) is 10.2 Å². The van der Waals surface area contributed by atoms with Crippen LogP contribution in [0.25, 0.3) is 11.4 Å². The number of amides is 1. The van der Waals surface area contributed by atoms with Crippen molar-refractivity contribution in [3.05, 3.63) is 72.1 Å². The molecule has 1 aromatic heterocycles. The molecule has 0 radical (unpaired) electrons. The highest BCUT2D eigenvalue weighted by atomic mass is 16.5. The lowest BCUT2D eigenvalue weighted by atomic mass is 9.92. The second kappa shape index (κ2) is 7.88. The summed E-state index contributed by atoms with van der Waals surface area (Å²) in [5.41, 5.74) is 3.04. The molecule has 1 atom stereocenters. The number of nitrogens with zero attached hydrogens (tertiary/aromatic N) is 3. The van der Waals surface area contributed by atoms with Crippen LogP contribution < -0.4 is 4.74 Å². The molecule has 0 N–H and O–H groups in total. The zero-order valence-corrected chi connectivity index (χ0v) is 18.3. The lowest BCUT2D eigenvalue weighted by molar-refractivity contribution is -0.135. The summed E-state index contributed by atoms with van der Waals surface area (Å²) >= 11 is 0. The maximum absolute atomic E-state index is 13.7. The van der Waals surface area contributed by atoms with E-state index in [0.29, 0.717) is 0 Å². The van der Waals surface area contributed by atoms with Crippen molar-refractivity contribution in [1.29, 1.82) is 0 Å². The van der Waals surface area contributed by atoms with Gasteiger partial charge in [0.05, 0.1) is 18.6 Å². The molecule has 1 saturated heterocycles. The molecule has 31 heavy (non-hydrogen) atoms. The van der Waals surface area contributed by atoms with Gasteiger partial charge in [-0.1, -0.05) is 42.5 Å². The molecular weight excluding hydrogens is 386 g/mol. The fraction of sp³-hybridized carbons (Fsp3) is 0.385. The molecule has 5 rings (SSSR count). The average Bonchev–Trinajstić information content (AvgIpc) is 3.55. The van der Waals surface area contributed by atoms with Crippen LogP contribution in [0.15, 0.2) is 60.8 Å². The van der Waals surface area contributed by atoms with Crippen LogP contribution in [0.4, 0.5) is 0 Å². The Labute approximate surface area is 183 Å². The van der Waals surface area contributed by atoms with Gasteiger partial charge in [-0.25, -0.2) is 4.98 Å². The van der Waals surface area contributed by atoms with Crippen molar-refractivity contribution in [2.24, 2.45) is 0 Å². The number of aromatic nitrogens is 2. The van der Waals surface area contributed by atoms with Gasteiger partial charge in [0.15, 0.2) is 0 Å². The Kier molecular flexibility index (Phi) is 5.05. The van der Waals surface area contributed by atoms with Gasteiger partial charge in [-0.3, -0.25) is 4.79 Å². The lowest BCUT2D eigenvalue weighted by Gasteiger charge is -2.37. The topological polar surface area (TPSA) is 47.4 Å². The van der Waals surface area contributed by atoms with E-state index < -0.39 is 0 Å². The molecule has 2 fully saturated rings. The average molecular weight is 416 g/mol. The molecule has 1 unspecified atom stereocenters. The lowest BCUT2D eigenvalue weighted by Crippen LogP contribution is -2.45. The fourth-order valence-electron chi connectivity index (χ4n) is 5.02. The number of carbonyl (C=O) groups excluding carboxylic acids is 1. The fourth-order valence-corrected chi connectivity index (χ4v) is 5.02. The first-order chi connectivity index (χ1) is 15.1. The van der Waals surface area contributed by atoms with E-state index >= 15 is 0 Å². The zero-order chi connectivity index (χ0) is 21.4. The number of piperidine rings is 1. The number of carbonyl (C=O) groups is 1. The van der Waals surface area contributed by atoms with Crippen molar-refractivity contribution in [3.8, 4) is 17.1 Å². The molecule has 2 aromatic carbocycles. The summed E-state index contributed by atoms with van der Waals surface area (Å²) in [5, 5.41) is 0. The predicted octanol–water partition coefficient (Wildman–Crippen LogP) is 4.76. The highest BCUT2D eigenvalue weighted by molar-refractivity contribution is 5.91. The number of aryl methyl sites for hydroxylation is 1. The Bertz CT molecular complexity index is 1070. The van der Waals surface area contributed by atoms with Crippen molar-refractivity contribution in [2.45, 2.75) is 44.1 Å². The van der Waals surface area contributed by atoms with Crippen molar-refractivity contribution in [1.82, 2.24) is 14.5 Å². The number of imidazole rings is 1. The Hall–Kier alpha value is -3.08. The number of likely N-dealkylation sites (tertiary alicyclic amines) is 1. The second-order valence-corrected chi connectivity index (χ2v) is 8.82. The molecule has 2 aliphatic rings. The quantitative estimate of drug-likeness (QED) is 0.603. The number of benzene rings is 2. The smallest absolute Gasteiger partial charge is 0.233 e. The maximum Gasteiger partial charge on any atom is 0.233 e. The Balaban J connectivity index is 1.39. The van der Waals surface area contributed by atoms with Gasteiger partial charge in [-0.15, -0.1) is 0 Å². The summed E-state index contributed by atoms with van der Waals surface area (Å²) < 4.78 is 7.62. The van der Waals surface area contributed by atoms with E-state index in [1.807, 2.05) is 36.5 Å². The van der Waals surface area contributed by atoms with Crippen LogP contribution in [0.2, 0.25) is 0 Å². The molecule has 0 bridgehead atoms. The SMILES string of the molecule is COc1ccc(C2(C(=O)N3CCCC(n4c(C)cnc4-c4ccccc4)C3)CC2)cc1. The van der Waals surface area contributed by atoms with Crippen LogP contribution in [0.5, 0.6) is 5.75 Å². The summed E-state index contributed by atoms with van der Waals surface area (Å²) in [7, 11) is 1.67. The molecule has 3 aromatic rings. The summed E-state index contributed by atoms with van der Waals surface area (Å²) in [4.78, 5) is 20.5. The molecular formula is C26H29N3O2. The second-order valence-electron chi connectivity index (χ2n) is 8.82. The predicted molar refractivity (Wildman–Crippen MR) is 121 cm³/mol. The minimum Gasteiger partial charge on any atom is -0.497 e. The van der Waals surface area contributed by atoms with E-state index in [-0.39, 0.29) is 17.4 Å². The van der Waals surface area contributed by atoms with E-state index in [1.165, 1.54) is 0 Å². The third-order valence-corrected chi connectivity index (χ3v) is 6.86. The summed E-state index contributed by atoms with van der Waals surface area (Å²) in [6.07, 6.45) is 5.89. The molecule has 1 aliphatic heterocycles. The number of methoxy groups -OCH3 is 1. The van der Waals surface area contributed by atoms with Gasteiger partial charge in [-0.05, 0) is 50.3 Å². The first kappa shape index (κ1) is 19.9. The molecule has 5 nitrogen and oxygen atoms in total. The number of rotatable bonds is 5. The number of hydrogen-bond donors (Lipinski definition) is 0. The minimum absolute atomic E-state index is 0.252. The van der Waals surface area contributed by atoms with Crippen molar-refractivity contribution >= 4 is 5.91 Å². The van der Waals surface area contributed by atoms with E-state index in [9.17, 15) is 4.79 Å². The third kappa shape index (κ3) is 3.52. The highest BCUT2D eigenvalue weighted by Gasteiger charge is 2.53. The normalized spacial score (nSPS) is 19.8. The van der Waals surface area contributed by atoms with Gasteiger partial charge >= 0.3 is 0 Å². The van der Waals surface area contributed by atoms with Gasteiger partial charge in [-0.2, -0.15) is 0 Å². The molecule has 160 valence electrons. The van der Waals surface area contributed by atoms with Crippen LogP contribution >= 0.6 is 0 Å². The molecule has 2 heterocycles. The molecule has 1 amide bonds. The molecule has 5 heteroatoms. The Morgan fingerprint density at radius 1 is 1.10 bits per heavy atom. The van der Waals surface area contributed by atoms with E-state index in [1.54, 1.807) is 7.11 Å². The van der Waals surface area contributed by atoms with E-state index in [4.69, 9.17) is 9.72 Å². The van der Waals surface area contributed by atoms with Crippen LogP contribution in [0.1, 0.15) is 43.0 Å². The minimum atomic E-state index is -0.347. The van der Waals surface area contributed by atoms with E-state index in [2.05, 4.69) is 40.7 Å². The first-order valence-electron chi connectivity index (χ1n) is 11.2. The van der Waals surface area contributed by atoms with Gasteiger partial charge in [0.1, 0.15) is 11.6 Å². The summed E-state index contributed by atoms with van der Waals surface area (Å²) in [5.74, 6) is 2.10. The van der Waals surface area contributed by atoms with Gasteiger partial charge < -0.3 is 14.2 Å². The largest absolute Gasteiger partial charge is 0.497 e. The van der Waals surface area contributed by atoms with Gasteiger partial charge in [0.25, 0.3) is 0 Å². The third-order valence-electron chi connectivity index (χ3n) is 6.86. The number of hydrogen-bond acceptors (Lipinski definition) is 3. The molecule has 1 saturated carbocycles. The maximum atomic E-state index is 13.7. The van der Waals surface area contributed by atoms with Crippen LogP contribution in [-0.4, -0.2) is 40.6 Å². The first-order valence-corrected chi connectivity index (χ1v) is 11.2. The Morgan fingerprint density at radius 2 is 1.84 bits per heavy atom. The summed E-state index contributed by atoms with van der Waals surface area (Å²) in [6, 6.07) is 18.6. The van der Waals surface area contributed by atoms with Crippen LogP contribution in [0.3, 0.4) is 0 Å². The standard InChI is InChI=1S/C26H29N3O2/c1-19-17-27-24(20-7-4-3-5-8-20)29(19)22-9-6-16-28(18-22)25(30)26(14-15-26)21-10-12-23(31-2)13-11-21/h3-5,7-8,10-13,17,22H,6,9,14-16,18H2,1-2H3. The van der Waals surface area contributed by atoms with Crippen molar-refractivity contribution in [3.63, 3.8) is 0 Å². The van der Waals surface area contributed by atoms with Gasteiger partial charge in [0, 0.05) is 30.5 Å². The monoisotopic (exact) mass is 415 g/mol. The van der Waals surface area contributed by atoms with E-state index in [0.717, 1.165) is 67.2 Å². The number of ether oxygens (including phenoxy) is 1. The molecule has 0 spiro atoms. The molecule has 1 aliphatic carbocycles. The van der Waals surface area contributed by atoms with Crippen molar-refractivity contribution < 1.29 is 9.53 Å². The van der Waals surface area contributed by atoms with Gasteiger partial charge in [0.2, 0.25) is 5.91 Å².